The second kappa shape index (κ2) is 6.53. The third-order valence-electron chi connectivity index (χ3n) is 4.24. The van der Waals surface area contributed by atoms with Crippen molar-refractivity contribution in [3.63, 3.8) is 0 Å². The van der Waals surface area contributed by atoms with E-state index in [4.69, 9.17) is 17.3 Å². The van der Waals surface area contributed by atoms with E-state index < -0.39 is 24.0 Å². The van der Waals surface area contributed by atoms with E-state index in [1.54, 1.807) is 6.07 Å². The fourth-order valence-electron chi connectivity index (χ4n) is 3.02. The Labute approximate surface area is 126 Å². The van der Waals surface area contributed by atoms with Crippen molar-refractivity contribution in [1.82, 2.24) is 0 Å². The zero-order valence-electron chi connectivity index (χ0n) is 11.5. The van der Waals surface area contributed by atoms with Crippen LogP contribution in [0.15, 0.2) is 18.2 Å². The lowest BCUT2D eigenvalue weighted by molar-refractivity contribution is -0.186. The third kappa shape index (κ3) is 4.33. The van der Waals surface area contributed by atoms with Gasteiger partial charge in [0.1, 0.15) is 5.82 Å². The Balaban J connectivity index is 1.99. The van der Waals surface area contributed by atoms with E-state index in [2.05, 4.69) is 0 Å². The van der Waals surface area contributed by atoms with E-state index in [9.17, 15) is 17.6 Å². The lowest BCUT2D eigenvalue weighted by Crippen LogP contribution is -2.38. The molecular formula is C15H18ClF4N. The van der Waals surface area contributed by atoms with Gasteiger partial charge in [-0.05, 0) is 49.3 Å². The van der Waals surface area contributed by atoms with Gasteiger partial charge in [0.2, 0.25) is 0 Å². The molecule has 2 rings (SSSR count). The van der Waals surface area contributed by atoms with E-state index in [0.29, 0.717) is 24.8 Å². The van der Waals surface area contributed by atoms with Gasteiger partial charge in [0.25, 0.3) is 0 Å². The smallest absolute Gasteiger partial charge is 0.327 e. The maximum atomic E-state index is 13.4. The highest BCUT2D eigenvalue weighted by Gasteiger charge is 2.43. The van der Waals surface area contributed by atoms with Crippen LogP contribution in [0.4, 0.5) is 17.6 Å². The van der Waals surface area contributed by atoms with Crippen molar-refractivity contribution in [2.24, 2.45) is 17.6 Å². The molecule has 1 aromatic carbocycles. The molecule has 1 aliphatic carbocycles. The molecule has 0 radical (unpaired) electrons. The van der Waals surface area contributed by atoms with Gasteiger partial charge in [-0.1, -0.05) is 24.1 Å². The number of benzene rings is 1. The first kappa shape index (κ1) is 16.6. The number of hydrogen-bond acceptors (Lipinski definition) is 1. The van der Waals surface area contributed by atoms with Gasteiger partial charge in [-0.25, -0.2) is 4.39 Å². The van der Waals surface area contributed by atoms with Crippen molar-refractivity contribution in [3.8, 4) is 0 Å². The van der Waals surface area contributed by atoms with Crippen molar-refractivity contribution >= 4 is 11.6 Å². The van der Waals surface area contributed by atoms with Crippen molar-refractivity contribution in [2.45, 2.75) is 44.3 Å². The average molecular weight is 324 g/mol. The number of halogens is 5. The first-order valence-electron chi connectivity index (χ1n) is 7.03. The van der Waals surface area contributed by atoms with Crippen molar-refractivity contribution < 1.29 is 17.6 Å². The van der Waals surface area contributed by atoms with Crippen LogP contribution in [-0.4, -0.2) is 12.2 Å². The Morgan fingerprint density at radius 2 is 2.00 bits per heavy atom. The molecule has 3 atom stereocenters. The predicted octanol–water partition coefficient (Wildman–Crippen LogP) is 4.72. The lowest BCUT2D eigenvalue weighted by atomic mass is 9.76. The molecule has 1 aromatic rings. The molecule has 118 valence electrons. The van der Waals surface area contributed by atoms with Crippen molar-refractivity contribution in [1.29, 1.82) is 0 Å². The van der Waals surface area contributed by atoms with Crippen LogP contribution < -0.4 is 5.73 Å². The van der Waals surface area contributed by atoms with E-state index >= 15 is 0 Å². The minimum absolute atomic E-state index is 0.0297. The molecule has 1 saturated carbocycles. The molecule has 0 amide bonds. The Bertz CT molecular complexity index is 489. The third-order valence-corrected chi connectivity index (χ3v) is 4.55. The molecule has 21 heavy (non-hydrogen) atoms. The van der Waals surface area contributed by atoms with Crippen LogP contribution in [0.2, 0.25) is 5.02 Å². The van der Waals surface area contributed by atoms with E-state index in [0.717, 1.165) is 0 Å². The molecule has 2 N–H and O–H groups in total. The summed E-state index contributed by atoms with van der Waals surface area (Å²) in [6.45, 7) is 0. The topological polar surface area (TPSA) is 26.0 Å². The van der Waals surface area contributed by atoms with Crippen LogP contribution in [-0.2, 0) is 6.42 Å². The summed E-state index contributed by atoms with van der Waals surface area (Å²) in [5.41, 5.74) is 6.72. The molecule has 0 aromatic heterocycles. The zero-order valence-corrected chi connectivity index (χ0v) is 12.2. The van der Waals surface area contributed by atoms with Gasteiger partial charge >= 0.3 is 6.18 Å². The SMILES string of the molecule is NC(Cc1ccc(Cl)c(F)c1)C1CCCC(C(F)(F)F)C1. The van der Waals surface area contributed by atoms with Crippen LogP contribution in [0.3, 0.4) is 0 Å². The standard InChI is InChI=1S/C15H18ClF4N/c16-12-5-4-9(6-13(12)17)7-14(21)10-2-1-3-11(8-10)15(18,19)20/h4-6,10-11,14H,1-3,7-8,21H2. The lowest BCUT2D eigenvalue weighted by Gasteiger charge is -2.33. The van der Waals surface area contributed by atoms with Gasteiger partial charge in [0.05, 0.1) is 10.9 Å². The second-order valence-corrected chi connectivity index (χ2v) is 6.19. The zero-order chi connectivity index (χ0) is 15.6. The summed E-state index contributed by atoms with van der Waals surface area (Å²) in [7, 11) is 0. The molecule has 1 aliphatic rings. The summed E-state index contributed by atoms with van der Waals surface area (Å²) in [6.07, 6.45) is -2.29. The van der Waals surface area contributed by atoms with Crippen LogP contribution in [0.1, 0.15) is 31.2 Å². The highest BCUT2D eigenvalue weighted by atomic mass is 35.5. The quantitative estimate of drug-likeness (QED) is 0.800. The largest absolute Gasteiger partial charge is 0.391 e. The number of rotatable bonds is 3. The van der Waals surface area contributed by atoms with Gasteiger partial charge in [0.15, 0.2) is 0 Å². The van der Waals surface area contributed by atoms with Crippen molar-refractivity contribution in [3.05, 3.63) is 34.6 Å². The highest BCUT2D eigenvalue weighted by molar-refractivity contribution is 6.30. The molecule has 0 heterocycles. The van der Waals surface area contributed by atoms with Crippen LogP contribution in [0.25, 0.3) is 0 Å². The summed E-state index contributed by atoms with van der Waals surface area (Å²) in [4.78, 5) is 0. The first-order chi connectivity index (χ1) is 9.77. The number of alkyl halides is 3. The Kier molecular flexibility index (Phi) is 5.15. The van der Waals surface area contributed by atoms with Crippen LogP contribution in [0, 0.1) is 17.7 Å². The first-order valence-corrected chi connectivity index (χ1v) is 7.41. The minimum Gasteiger partial charge on any atom is -0.327 e. The summed E-state index contributed by atoms with van der Waals surface area (Å²) in [6, 6.07) is 4.01. The summed E-state index contributed by atoms with van der Waals surface area (Å²) in [5.74, 6) is -1.97. The molecule has 6 heteroatoms. The molecule has 0 aliphatic heterocycles. The van der Waals surface area contributed by atoms with Gasteiger partial charge in [-0.2, -0.15) is 13.2 Å². The summed E-state index contributed by atoms with van der Waals surface area (Å²) in [5, 5.41) is 0.0297. The van der Waals surface area contributed by atoms with Crippen molar-refractivity contribution in [2.75, 3.05) is 0 Å². The van der Waals surface area contributed by atoms with Gasteiger partial charge in [-0.3, -0.25) is 0 Å². The molecular weight excluding hydrogens is 306 g/mol. The van der Waals surface area contributed by atoms with E-state index in [-0.39, 0.29) is 23.8 Å². The number of nitrogens with two attached hydrogens (primary N) is 1. The molecule has 0 spiro atoms. The predicted molar refractivity (Wildman–Crippen MR) is 74.6 cm³/mol. The van der Waals surface area contributed by atoms with E-state index in [1.165, 1.54) is 12.1 Å². The van der Waals surface area contributed by atoms with Crippen LogP contribution >= 0.6 is 11.6 Å². The molecule has 1 fully saturated rings. The van der Waals surface area contributed by atoms with Crippen LogP contribution in [0.5, 0.6) is 0 Å². The Morgan fingerprint density at radius 3 is 2.62 bits per heavy atom. The van der Waals surface area contributed by atoms with Gasteiger partial charge < -0.3 is 5.73 Å². The fourth-order valence-corrected chi connectivity index (χ4v) is 3.14. The Morgan fingerprint density at radius 1 is 1.29 bits per heavy atom. The summed E-state index contributed by atoms with van der Waals surface area (Å²) < 4.78 is 51.8. The second-order valence-electron chi connectivity index (χ2n) is 5.78. The highest BCUT2D eigenvalue weighted by Crippen LogP contribution is 2.41. The summed E-state index contributed by atoms with van der Waals surface area (Å²) >= 11 is 5.60. The average Bonchev–Trinajstić information content (AvgIpc) is 2.42. The molecule has 0 bridgehead atoms. The van der Waals surface area contributed by atoms with E-state index in [1.807, 2.05) is 0 Å². The normalized spacial score (nSPS) is 24.9. The Hall–Kier alpha value is -0.810. The maximum Gasteiger partial charge on any atom is 0.391 e. The maximum absolute atomic E-state index is 13.4. The monoisotopic (exact) mass is 323 g/mol. The van der Waals surface area contributed by atoms with Gasteiger partial charge in [0, 0.05) is 6.04 Å². The van der Waals surface area contributed by atoms with Gasteiger partial charge in [-0.15, -0.1) is 0 Å². The molecule has 0 saturated heterocycles. The minimum atomic E-state index is -4.15. The number of hydrogen-bond donors (Lipinski definition) is 1. The molecule has 3 unspecified atom stereocenters. The fraction of sp³-hybridized carbons (Fsp3) is 0.600. The molecule has 1 nitrogen and oxygen atoms in total.